The maximum absolute atomic E-state index is 12.4. The molecule has 0 saturated carbocycles. The van der Waals surface area contributed by atoms with E-state index >= 15 is 0 Å². The second kappa shape index (κ2) is 7.16. The van der Waals surface area contributed by atoms with E-state index in [1.54, 1.807) is 0 Å². The van der Waals surface area contributed by atoms with Gasteiger partial charge in [-0.15, -0.1) is 0 Å². The molecule has 3 rings (SSSR count). The fourth-order valence-electron chi connectivity index (χ4n) is 2.08. The lowest BCUT2D eigenvalue weighted by atomic mass is 10.2. The highest BCUT2D eigenvalue weighted by Crippen LogP contribution is 2.23. The van der Waals surface area contributed by atoms with E-state index in [0.29, 0.717) is 6.61 Å². The fraction of sp³-hybridized carbons (Fsp3) is 0.0526. The van der Waals surface area contributed by atoms with Crippen molar-refractivity contribution < 1.29 is 9.29 Å². The normalized spacial score (nSPS) is 11.9. The van der Waals surface area contributed by atoms with Crippen LogP contribution in [0.4, 0.5) is 0 Å². The van der Waals surface area contributed by atoms with Gasteiger partial charge in [-0.1, -0.05) is 48.5 Å². The first-order chi connectivity index (χ1) is 10.8. The molecule has 0 bridgehead atoms. The van der Waals surface area contributed by atoms with Crippen LogP contribution in [0.5, 0.6) is 5.75 Å². The molecule has 0 aliphatic heterocycles. The van der Waals surface area contributed by atoms with Gasteiger partial charge in [-0.3, -0.25) is 0 Å². The second-order valence-electron chi connectivity index (χ2n) is 4.83. The topological polar surface area (TPSA) is 32.3 Å². The van der Waals surface area contributed by atoms with Gasteiger partial charge in [0.1, 0.15) is 12.4 Å². The van der Waals surface area contributed by atoms with E-state index in [-0.39, 0.29) is 0 Å². The van der Waals surface area contributed by atoms with Gasteiger partial charge in [0.25, 0.3) is 0 Å². The molecule has 0 N–H and O–H groups in total. The minimum absolute atomic E-state index is 0.530. The van der Waals surface area contributed by atoms with Crippen molar-refractivity contribution >= 4 is 11.2 Å². The van der Waals surface area contributed by atoms with Crippen molar-refractivity contribution in [2.24, 2.45) is 0 Å². The lowest BCUT2D eigenvalue weighted by Gasteiger charge is -2.11. The van der Waals surface area contributed by atoms with Gasteiger partial charge < -0.3 is 9.29 Å². The zero-order valence-corrected chi connectivity index (χ0v) is 12.8. The van der Waals surface area contributed by atoms with Crippen LogP contribution in [0.1, 0.15) is 5.56 Å². The molecule has 0 radical (unpaired) electrons. The molecule has 1 atom stereocenters. The quantitative estimate of drug-likeness (QED) is 0.653. The number of hydrogen-bond acceptors (Lipinski definition) is 2. The van der Waals surface area contributed by atoms with Gasteiger partial charge in [-0.25, -0.2) is 0 Å². The summed E-state index contributed by atoms with van der Waals surface area (Å²) in [6.07, 6.45) is 0. The summed E-state index contributed by atoms with van der Waals surface area (Å²) in [6, 6.07) is 26.9. The van der Waals surface area contributed by atoms with Crippen LogP contribution in [0.15, 0.2) is 94.7 Å². The van der Waals surface area contributed by atoms with Crippen molar-refractivity contribution in [1.29, 1.82) is 0 Å². The van der Waals surface area contributed by atoms with E-state index in [1.807, 2.05) is 84.9 Å². The Bertz CT molecular complexity index is 697. The molecule has 0 aliphatic rings. The van der Waals surface area contributed by atoms with Crippen molar-refractivity contribution in [3.8, 4) is 5.75 Å². The van der Waals surface area contributed by atoms with E-state index in [9.17, 15) is 4.55 Å². The highest BCUT2D eigenvalue weighted by atomic mass is 32.2. The van der Waals surface area contributed by atoms with Gasteiger partial charge in [0.15, 0.2) is 9.79 Å². The monoisotopic (exact) mass is 308 g/mol. The van der Waals surface area contributed by atoms with Crippen LogP contribution >= 0.6 is 0 Å². The second-order valence-corrected chi connectivity index (χ2v) is 6.31. The molecule has 0 amide bonds. The molecule has 0 aliphatic carbocycles. The van der Waals surface area contributed by atoms with Crippen LogP contribution in [0.2, 0.25) is 0 Å². The van der Waals surface area contributed by atoms with Crippen molar-refractivity contribution in [3.63, 3.8) is 0 Å². The first-order valence-electron chi connectivity index (χ1n) is 7.06. The smallest absolute Gasteiger partial charge is 0.158 e. The first-order valence-corrected chi connectivity index (χ1v) is 8.21. The average molecular weight is 308 g/mol. The lowest BCUT2D eigenvalue weighted by Crippen LogP contribution is -2.02. The summed E-state index contributed by atoms with van der Waals surface area (Å²) in [5.74, 6) is 0.776. The van der Waals surface area contributed by atoms with Crippen LogP contribution in [0, 0.1) is 0 Å². The molecule has 0 spiro atoms. The number of benzene rings is 3. The maximum Gasteiger partial charge on any atom is 0.158 e. The Morgan fingerprint density at radius 3 is 1.86 bits per heavy atom. The molecule has 0 saturated heterocycles. The molecule has 3 aromatic carbocycles. The van der Waals surface area contributed by atoms with Gasteiger partial charge in [-0.2, -0.15) is 0 Å². The van der Waals surface area contributed by atoms with Gasteiger partial charge in [-0.05, 0) is 42.0 Å². The Hall–Kier alpha value is -2.23. The van der Waals surface area contributed by atoms with Crippen LogP contribution in [0.25, 0.3) is 0 Å². The molecule has 0 fully saturated rings. The molecule has 3 aromatic rings. The first kappa shape index (κ1) is 14.7. The fourth-order valence-corrected chi connectivity index (χ4v) is 3.14. The molecule has 22 heavy (non-hydrogen) atoms. The molecule has 1 unspecified atom stereocenters. The zero-order chi connectivity index (χ0) is 15.2. The highest BCUT2D eigenvalue weighted by Gasteiger charge is 2.13. The number of ether oxygens (including phenoxy) is 1. The van der Waals surface area contributed by atoms with E-state index in [1.165, 1.54) is 0 Å². The minimum Gasteiger partial charge on any atom is -0.606 e. The van der Waals surface area contributed by atoms with Crippen LogP contribution in [-0.2, 0) is 17.8 Å². The van der Waals surface area contributed by atoms with E-state index in [2.05, 4.69) is 0 Å². The van der Waals surface area contributed by atoms with Gasteiger partial charge in [0.05, 0.1) is 0 Å². The summed E-state index contributed by atoms with van der Waals surface area (Å²) in [6.45, 7) is 0.530. The summed E-state index contributed by atoms with van der Waals surface area (Å²) in [5, 5.41) is 0. The van der Waals surface area contributed by atoms with Crippen molar-refractivity contribution in [3.05, 3.63) is 90.5 Å². The van der Waals surface area contributed by atoms with Crippen LogP contribution in [-0.4, -0.2) is 4.55 Å². The lowest BCUT2D eigenvalue weighted by molar-refractivity contribution is 0.306. The van der Waals surface area contributed by atoms with E-state index < -0.39 is 11.2 Å². The average Bonchev–Trinajstić information content (AvgIpc) is 2.61. The highest BCUT2D eigenvalue weighted by molar-refractivity contribution is 7.91. The van der Waals surface area contributed by atoms with E-state index in [0.717, 1.165) is 21.1 Å². The summed E-state index contributed by atoms with van der Waals surface area (Å²) >= 11 is -1.15. The predicted octanol–water partition coefficient (Wildman–Crippen LogP) is 4.43. The third kappa shape index (κ3) is 3.70. The third-order valence-electron chi connectivity index (χ3n) is 3.24. The summed E-state index contributed by atoms with van der Waals surface area (Å²) in [7, 11) is 0. The standard InChI is InChI=1S/C19H16O2S/c20-22(18-9-5-2-6-10-18)19-13-11-17(12-14-19)21-15-16-7-3-1-4-8-16/h1-14H,15H2. The van der Waals surface area contributed by atoms with Crippen LogP contribution in [0.3, 0.4) is 0 Å². The molecular formula is C19H16O2S. The van der Waals surface area contributed by atoms with Crippen LogP contribution < -0.4 is 4.74 Å². The number of rotatable bonds is 5. The van der Waals surface area contributed by atoms with Gasteiger partial charge in [0, 0.05) is 11.2 Å². The minimum atomic E-state index is -1.15. The molecular weight excluding hydrogens is 292 g/mol. The molecule has 110 valence electrons. The van der Waals surface area contributed by atoms with Crippen molar-refractivity contribution in [2.75, 3.05) is 0 Å². The van der Waals surface area contributed by atoms with Gasteiger partial charge in [0.2, 0.25) is 0 Å². The predicted molar refractivity (Wildman–Crippen MR) is 88.3 cm³/mol. The van der Waals surface area contributed by atoms with E-state index in [4.69, 9.17) is 4.74 Å². The molecule has 0 aromatic heterocycles. The Labute approximate surface area is 133 Å². The van der Waals surface area contributed by atoms with Gasteiger partial charge >= 0.3 is 0 Å². The SMILES string of the molecule is [O-][S+](c1ccccc1)c1ccc(OCc2ccccc2)cc1. The Balaban J connectivity index is 1.65. The Kier molecular flexibility index (Phi) is 4.78. The third-order valence-corrected chi connectivity index (χ3v) is 4.64. The maximum atomic E-state index is 12.4. The summed E-state index contributed by atoms with van der Waals surface area (Å²) in [4.78, 5) is 1.58. The summed E-state index contributed by atoms with van der Waals surface area (Å²) in [5.41, 5.74) is 1.12. The summed E-state index contributed by atoms with van der Waals surface area (Å²) < 4.78 is 18.1. The molecule has 0 heterocycles. The molecule has 2 nitrogen and oxygen atoms in total. The largest absolute Gasteiger partial charge is 0.606 e. The Morgan fingerprint density at radius 2 is 1.23 bits per heavy atom. The number of hydrogen-bond donors (Lipinski definition) is 0. The Morgan fingerprint density at radius 1 is 0.682 bits per heavy atom. The van der Waals surface area contributed by atoms with Crippen molar-refractivity contribution in [1.82, 2.24) is 0 Å². The van der Waals surface area contributed by atoms with Crippen molar-refractivity contribution in [2.45, 2.75) is 16.4 Å². The molecule has 3 heteroatoms. The zero-order valence-electron chi connectivity index (χ0n) is 12.0.